The van der Waals surface area contributed by atoms with Crippen LogP contribution < -0.4 is 16.4 Å². The Bertz CT molecular complexity index is 516. The molecule has 1 aliphatic rings. The lowest BCUT2D eigenvalue weighted by Gasteiger charge is -2.23. The van der Waals surface area contributed by atoms with Crippen LogP contribution >= 0.6 is 0 Å². The quantitative estimate of drug-likeness (QED) is 0.643. The number of rotatable bonds is 4. The van der Waals surface area contributed by atoms with E-state index in [9.17, 15) is 14.4 Å². The highest BCUT2D eigenvalue weighted by Gasteiger charge is 2.29. The average molecular weight is 275 g/mol. The van der Waals surface area contributed by atoms with Gasteiger partial charge in [0.15, 0.2) is 0 Å². The predicted octanol–water partition coefficient (Wildman–Crippen LogP) is -0.522. The number of amides is 3. The van der Waals surface area contributed by atoms with Gasteiger partial charge in [-0.15, -0.1) is 0 Å². The molecule has 0 aliphatic carbocycles. The van der Waals surface area contributed by atoms with Crippen LogP contribution in [0.25, 0.3) is 0 Å². The summed E-state index contributed by atoms with van der Waals surface area (Å²) in [6.07, 6.45) is 0.943. The summed E-state index contributed by atoms with van der Waals surface area (Å²) in [7, 11) is 0. The minimum Gasteiger partial charge on any atom is -0.343 e. The van der Waals surface area contributed by atoms with Gasteiger partial charge in [0.1, 0.15) is 6.04 Å². The smallest absolute Gasteiger partial charge is 0.249 e. The van der Waals surface area contributed by atoms with Gasteiger partial charge in [-0.3, -0.25) is 19.7 Å². The summed E-state index contributed by atoms with van der Waals surface area (Å²) in [5.74, 6) is -1.17. The van der Waals surface area contributed by atoms with Gasteiger partial charge >= 0.3 is 0 Å². The number of carbonyl (C=O) groups excluding carboxylic acids is 3. The van der Waals surface area contributed by atoms with Crippen LogP contribution in [0.4, 0.5) is 0 Å². The van der Waals surface area contributed by atoms with E-state index in [1.54, 1.807) is 0 Å². The number of carbonyl (C=O) groups is 3. The summed E-state index contributed by atoms with van der Waals surface area (Å²) in [4.78, 5) is 34.5. The summed E-state index contributed by atoms with van der Waals surface area (Å²) >= 11 is 0. The molecule has 6 heteroatoms. The molecule has 1 aromatic rings. The molecule has 4 N–H and O–H groups in total. The van der Waals surface area contributed by atoms with E-state index in [1.165, 1.54) is 0 Å². The molecule has 0 radical (unpaired) electrons. The molecule has 1 fully saturated rings. The molecular weight excluding hydrogens is 258 g/mol. The van der Waals surface area contributed by atoms with Crippen molar-refractivity contribution in [2.24, 2.45) is 5.73 Å². The van der Waals surface area contributed by atoms with Crippen LogP contribution in [0.2, 0.25) is 0 Å². The summed E-state index contributed by atoms with van der Waals surface area (Å²) in [6.45, 7) is 0. The van der Waals surface area contributed by atoms with Gasteiger partial charge in [-0.25, -0.2) is 0 Å². The van der Waals surface area contributed by atoms with Crippen molar-refractivity contribution in [1.82, 2.24) is 10.6 Å². The number of hydrogen-bond acceptors (Lipinski definition) is 4. The van der Waals surface area contributed by atoms with Crippen molar-refractivity contribution >= 4 is 17.7 Å². The molecule has 1 aliphatic heterocycles. The number of piperidine rings is 1. The first-order chi connectivity index (χ1) is 9.56. The van der Waals surface area contributed by atoms with E-state index in [1.807, 2.05) is 30.3 Å². The molecule has 106 valence electrons. The molecule has 20 heavy (non-hydrogen) atoms. The summed E-state index contributed by atoms with van der Waals surface area (Å²) in [5.41, 5.74) is 6.79. The highest BCUT2D eigenvalue weighted by atomic mass is 16.2. The van der Waals surface area contributed by atoms with Gasteiger partial charge in [0, 0.05) is 6.42 Å². The van der Waals surface area contributed by atoms with Gasteiger partial charge < -0.3 is 11.1 Å². The second-order valence-electron chi connectivity index (χ2n) is 4.81. The molecule has 0 bridgehead atoms. The maximum Gasteiger partial charge on any atom is 0.249 e. The van der Waals surface area contributed by atoms with Crippen LogP contribution in [0.5, 0.6) is 0 Å². The lowest BCUT2D eigenvalue weighted by atomic mass is 10.0. The van der Waals surface area contributed by atoms with Crippen LogP contribution in [0.3, 0.4) is 0 Å². The van der Waals surface area contributed by atoms with Gasteiger partial charge in [0.25, 0.3) is 0 Å². The molecule has 0 saturated carbocycles. The van der Waals surface area contributed by atoms with E-state index in [0.717, 1.165) is 5.56 Å². The normalized spacial score (nSPS) is 20.1. The molecular formula is C14H17N3O3. The van der Waals surface area contributed by atoms with Crippen molar-refractivity contribution in [3.8, 4) is 0 Å². The van der Waals surface area contributed by atoms with Gasteiger partial charge in [-0.2, -0.15) is 0 Å². The Labute approximate surface area is 116 Å². The Morgan fingerprint density at radius 1 is 1.35 bits per heavy atom. The fraction of sp³-hybridized carbons (Fsp3) is 0.357. The fourth-order valence-electron chi connectivity index (χ4n) is 2.07. The summed E-state index contributed by atoms with van der Waals surface area (Å²) < 4.78 is 0. The van der Waals surface area contributed by atoms with Crippen molar-refractivity contribution < 1.29 is 14.4 Å². The lowest BCUT2D eigenvalue weighted by Crippen LogP contribution is -2.55. The van der Waals surface area contributed by atoms with E-state index in [2.05, 4.69) is 10.6 Å². The highest BCUT2D eigenvalue weighted by molar-refractivity contribution is 6.02. The van der Waals surface area contributed by atoms with Crippen LogP contribution in [0.15, 0.2) is 30.3 Å². The number of imide groups is 1. The zero-order valence-corrected chi connectivity index (χ0v) is 11.0. The second-order valence-corrected chi connectivity index (χ2v) is 4.81. The molecule has 6 nitrogen and oxygen atoms in total. The minimum absolute atomic E-state index is 0.227. The maximum atomic E-state index is 11.9. The number of hydrogen-bond donors (Lipinski definition) is 3. The highest BCUT2D eigenvalue weighted by Crippen LogP contribution is 2.06. The molecule has 2 atom stereocenters. The largest absolute Gasteiger partial charge is 0.343 e. The third-order valence-electron chi connectivity index (χ3n) is 3.19. The number of nitrogens with one attached hydrogen (secondary N) is 2. The zero-order chi connectivity index (χ0) is 14.5. The van der Waals surface area contributed by atoms with Crippen molar-refractivity contribution in [2.75, 3.05) is 0 Å². The van der Waals surface area contributed by atoms with E-state index in [0.29, 0.717) is 12.8 Å². The lowest BCUT2D eigenvalue weighted by molar-refractivity contribution is -0.137. The standard InChI is InChI=1S/C14H17N3O3/c15-10(8-9-4-2-1-3-5-9)13(19)16-11-6-7-12(18)17-14(11)20/h1-5,10-11H,6-8,15H2,(H,16,19)(H,17,18,20)/t10-,11?/m0/s1. The second kappa shape index (κ2) is 6.29. The Morgan fingerprint density at radius 2 is 2.05 bits per heavy atom. The van der Waals surface area contributed by atoms with Gasteiger partial charge in [0.05, 0.1) is 6.04 Å². The van der Waals surface area contributed by atoms with Crippen LogP contribution in [0.1, 0.15) is 18.4 Å². The SMILES string of the molecule is N[C@@H](Cc1ccccc1)C(=O)NC1CCC(=O)NC1=O. The third kappa shape index (κ3) is 3.64. The molecule has 1 aromatic carbocycles. The van der Waals surface area contributed by atoms with Crippen LogP contribution in [-0.4, -0.2) is 29.8 Å². The zero-order valence-electron chi connectivity index (χ0n) is 11.0. The first-order valence-corrected chi connectivity index (χ1v) is 6.50. The van der Waals surface area contributed by atoms with Gasteiger partial charge in [-0.1, -0.05) is 30.3 Å². The average Bonchev–Trinajstić information content (AvgIpc) is 2.43. The minimum atomic E-state index is -0.720. The van der Waals surface area contributed by atoms with Crippen molar-refractivity contribution in [2.45, 2.75) is 31.3 Å². The number of benzene rings is 1. The molecule has 0 spiro atoms. The Balaban J connectivity index is 1.88. The van der Waals surface area contributed by atoms with Crippen molar-refractivity contribution in [1.29, 1.82) is 0 Å². The first kappa shape index (κ1) is 14.2. The van der Waals surface area contributed by atoms with Crippen molar-refractivity contribution in [3.63, 3.8) is 0 Å². The molecule has 1 heterocycles. The van der Waals surface area contributed by atoms with E-state index in [-0.39, 0.29) is 18.2 Å². The van der Waals surface area contributed by atoms with E-state index >= 15 is 0 Å². The third-order valence-corrected chi connectivity index (χ3v) is 3.19. The Kier molecular flexibility index (Phi) is 4.47. The molecule has 1 saturated heterocycles. The predicted molar refractivity (Wildman–Crippen MR) is 72.4 cm³/mol. The summed E-state index contributed by atoms with van der Waals surface area (Å²) in [5, 5.41) is 4.77. The summed E-state index contributed by atoms with van der Waals surface area (Å²) in [6, 6.07) is 8.02. The topological polar surface area (TPSA) is 101 Å². The Morgan fingerprint density at radius 3 is 2.70 bits per heavy atom. The molecule has 2 rings (SSSR count). The van der Waals surface area contributed by atoms with Gasteiger partial charge in [0.2, 0.25) is 17.7 Å². The van der Waals surface area contributed by atoms with Crippen LogP contribution in [0, 0.1) is 0 Å². The van der Waals surface area contributed by atoms with Gasteiger partial charge in [-0.05, 0) is 18.4 Å². The fourth-order valence-corrected chi connectivity index (χ4v) is 2.07. The Hall–Kier alpha value is -2.21. The van der Waals surface area contributed by atoms with Crippen molar-refractivity contribution in [3.05, 3.63) is 35.9 Å². The molecule has 1 unspecified atom stereocenters. The number of nitrogens with two attached hydrogens (primary N) is 1. The van der Waals surface area contributed by atoms with E-state index < -0.39 is 18.0 Å². The first-order valence-electron chi connectivity index (χ1n) is 6.50. The van der Waals surface area contributed by atoms with E-state index in [4.69, 9.17) is 5.73 Å². The molecule has 3 amide bonds. The maximum absolute atomic E-state index is 11.9. The molecule has 0 aromatic heterocycles. The monoisotopic (exact) mass is 275 g/mol. The van der Waals surface area contributed by atoms with Crippen LogP contribution in [-0.2, 0) is 20.8 Å².